The Bertz CT molecular complexity index is 278. The van der Waals surface area contributed by atoms with Gasteiger partial charge in [-0.2, -0.15) is 0 Å². The van der Waals surface area contributed by atoms with E-state index in [1.165, 1.54) is 12.8 Å². The Balaban J connectivity index is 2.47. The van der Waals surface area contributed by atoms with E-state index in [0.717, 1.165) is 18.9 Å². The van der Waals surface area contributed by atoms with Crippen LogP contribution in [0.1, 0.15) is 40.0 Å². The molecule has 3 N–H and O–H groups in total. The normalized spacial score (nSPS) is 29.7. The lowest BCUT2D eigenvalue weighted by atomic mass is 9.67. The Morgan fingerprint density at radius 2 is 2.00 bits per heavy atom. The molecule has 120 valence electrons. The third-order valence-electron chi connectivity index (χ3n) is 4.69. The van der Waals surface area contributed by atoms with E-state index in [1.54, 1.807) is 7.11 Å². The van der Waals surface area contributed by atoms with Gasteiger partial charge in [-0.3, -0.25) is 0 Å². The fourth-order valence-electron chi connectivity index (χ4n) is 3.36. The number of hydrogen-bond donors (Lipinski definition) is 2. The van der Waals surface area contributed by atoms with Gasteiger partial charge < -0.3 is 20.5 Å². The first kappa shape index (κ1) is 17.9. The zero-order valence-electron chi connectivity index (χ0n) is 13.9. The van der Waals surface area contributed by atoms with Crippen LogP contribution in [0.5, 0.6) is 0 Å². The molecule has 0 amide bonds. The van der Waals surface area contributed by atoms with Gasteiger partial charge in [0.15, 0.2) is 0 Å². The molecule has 1 rings (SSSR count). The van der Waals surface area contributed by atoms with Crippen LogP contribution in [-0.4, -0.2) is 56.0 Å². The third kappa shape index (κ3) is 5.68. The average Bonchev–Trinajstić information content (AvgIpc) is 2.30. The largest absolute Gasteiger partial charge is 0.389 e. The quantitative estimate of drug-likeness (QED) is 0.780. The molecule has 0 aromatic rings. The number of likely N-dealkylation sites (N-methyl/N-ethyl adjacent to an activating group) is 1. The van der Waals surface area contributed by atoms with Crippen molar-refractivity contribution in [2.24, 2.45) is 23.0 Å². The number of rotatable bonds is 6. The first-order chi connectivity index (χ1) is 9.24. The second-order valence-corrected chi connectivity index (χ2v) is 7.63. The standard InChI is InChI=1S/C16H34N2O2/c1-16(2,3)13-6-7-15(17)12(8-13)9-18(4)10-14(19)11-20-5/h12-15,19H,6-11,17H2,1-5H3. The van der Waals surface area contributed by atoms with E-state index in [9.17, 15) is 5.11 Å². The number of hydrogen-bond acceptors (Lipinski definition) is 4. The third-order valence-corrected chi connectivity index (χ3v) is 4.69. The highest BCUT2D eigenvalue weighted by Gasteiger charge is 2.34. The van der Waals surface area contributed by atoms with Crippen LogP contribution in [0.4, 0.5) is 0 Å². The zero-order valence-corrected chi connectivity index (χ0v) is 13.9. The molecular formula is C16H34N2O2. The molecule has 1 aliphatic carbocycles. The molecule has 0 saturated heterocycles. The number of nitrogens with zero attached hydrogens (tertiary/aromatic N) is 1. The van der Waals surface area contributed by atoms with Crippen LogP contribution < -0.4 is 5.73 Å². The van der Waals surface area contributed by atoms with Crippen molar-refractivity contribution in [1.29, 1.82) is 0 Å². The van der Waals surface area contributed by atoms with E-state index in [1.807, 2.05) is 0 Å². The summed E-state index contributed by atoms with van der Waals surface area (Å²) in [4.78, 5) is 2.19. The number of ether oxygens (including phenoxy) is 1. The predicted octanol–water partition coefficient (Wildman–Crippen LogP) is 1.72. The SMILES string of the molecule is COCC(O)CN(C)CC1CC(C(C)(C)C)CCC1N. The maximum absolute atomic E-state index is 9.80. The molecule has 0 aliphatic heterocycles. The van der Waals surface area contributed by atoms with Crippen LogP contribution in [0, 0.1) is 17.3 Å². The molecular weight excluding hydrogens is 252 g/mol. The highest BCUT2D eigenvalue weighted by atomic mass is 16.5. The summed E-state index contributed by atoms with van der Waals surface area (Å²) in [5, 5.41) is 9.80. The van der Waals surface area contributed by atoms with Crippen molar-refractivity contribution in [3.63, 3.8) is 0 Å². The summed E-state index contributed by atoms with van der Waals surface area (Å²) in [6.07, 6.45) is 3.16. The molecule has 20 heavy (non-hydrogen) atoms. The Morgan fingerprint density at radius 1 is 1.35 bits per heavy atom. The van der Waals surface area contributed by atoms with Gasteiger partial charge in [-0.1, -0.05) is 20.8 Å². The topological polar surface area (TPSA) is 58.7 Å². The van der Waals surface area contributed by atoms with Crippen LogP contribution in [0.15, 0.2) is 0 Å². The summed E-state index contributed by atoms with van der Waals surface area (Å²) in [5.74, 6) is 1.29. The molecule has 1 fully saturated rings. The number of nitrogens with two attached hydrogens (primary N) is 1. The molecule has 4 unspecified atom stereocenters. The van der Waals surface area contributed by atoms with E-state index in [-0.39, 0.29) is 0 Å². The summed E-state index contributed by atoms with van der Waals surface area (Å²) in [5.41, 5.74) is 6.68. The Labute approximate surface area is 124 Å². The maximum Gasteiger partial charge on any atom is 0.0899 e. The molecule has 0 spiro atoms. The summed E-state index contributed by atoms with van der Waals surface area (Å²) in [6.45, 7) is 9.00. The van der Waals surface area contributed by atoms with E-state index in [4.69, 9.17) is 10.5 Å². The van der Waals surface area contributed by atoms with Gasteiger partial charge in [0.1, 0.15) is 0 Å². The van der Waals surface area contributed by atoms with Crippen LogP contribution in [0.2, 0.25) is 0 Å². The maximum atomic E-state index is 9.80. The number of aliphatic hydroxyl groups excluding tert-OH is 1. The lowest BCUT2D eigenvalue weighted by molar-refractivity contribution is 0.0336. The van der Waals surface area contributed by atoms with Crippen LogP contribution in [0.25, 0.3) is 0 Å². The molecule has 1 aliphatic rings. The molecule has 0 bridgehead atoms. The number of aliphatic hydroxyl groups is 1. The summed E-state index contributed by atoms with van der Waals surface area (Å²) >= 11 is 0. The second kappa shape index (κ2) is 7.74. The van der Waals surface area contributed by atoms with Crippen molar-refractivity contribution in [3.8, 4) is 0 Å². The van der Waals surface area contributed by atoms with Crippen LogP contribution in [-0.2, 0) is 4.74 Å². The Hall–Kier alpha value is -0.160. The lowest BCUT2D eigenvalue weighted by Crippen LogP contribution is -2.45. The molecule has 4 heteroatoms. The van der Waals surface area contributed by atoms with Gasteiger partial charge in [-0.15, -0.1) is 0 Å². The molecule has 0 radical (unpaired) electrons. The van der Waals surface area contributed by atoms with Gasteiger partial charge in [0.25, 0.3) is 0 Å². The average molecular weight is 286 g/mol. The van der Waals surface area contributed by atoms with Gasteiger partial charge >= 0.3 is 0 Å². The minimum absolute atomic E-state index is 0.301. The van der Waals surface area contributed by atoms with Crippen molar-refractivity contribution < 1.29 is 9.84 Å². The fourth-order valence-corrected chi connectivity index (χ4v) is 3.36. The fraction of sp³-hybridized carbons (Fsp3) is 1.00. The summed E-state index contributed by atoms with van der Waals surface area (Å²) in [6, 6.07) is 0.301. The molecule has 4 nitrogen and oxygen atoms in total. The lowest BCUT2D eigenvalue weighted by Gasteiger charge is -2.42. The minimum atomic E-state index is -0.414. The highest BCUT2D eigenvalue weighted by molar-refractivity contribution is 4.88. The van der Waals surface area contributed by atoms with E-state index < -0.39 is 6.10 Å². The Kier molecular flexibility index (Phi) is 6.92. The van der Waals surface area contributed by atoms with Crippen molar-refractivity contribution >= 4 is 0 Å². The van der Waals surface area contributed by atoms with Crippen molar-refractivity contribution in [2.45, 2.75) is 52.2 Å². The monoisotopic (exact) mass is 286 g/mol. The van der Waals surface area contributed by atoms with Gasteiger partial charge in [0.2, 0.25) is 0 Å². The molecule has 0 aromatic heterocycles. The predicted molar refractivity (Wildman–Crippen MR) is 83.6 cm³/mol. The smallest absolute Gasteiger partial charge is 0.0899 e. The summed E-state index contributed by atoms with van der Waals surface area (Å²) < 4.78 is 4.98. The van der Waals surface area contributed by atoms with Gasteiger partial charge in [0, 0.05) is 26.2 Å². The van der Waals surface area contributed by atoms with Crippen molar-refractivity contribution in [3.05, 3.63) is 0 Å². The summed E-state index contributed by atoms with van der Waals surface area (Å²) in [7, 11) is 3.68. The minimum Gasteiger partial charge on any atom is -0.389 e. The van der Waals surface area contributed by atoms with E-state index in [2.05, 4.69) is 32.7 Å². The van der Waals surface area contributed by atoms with Crippen LogP contribution >= 0.6 is 0 Å². The van der Waals surface area contributed by atoms with E-state index >= 15 is 0 Å². The zero-order chi connectivity index (χ0) is 15.3. The molecule has 4 atom stereocenters. The molecule has 1 saturated carbocycles. The van der Waals surface area contributed by atoms with Gasteiger partial charge in [-0.25, -0.2) is 0 Å². The Morgan fingerprint density at radius 3 is 2.55 bits per heavy atom. The molecule has 0 heterocycles. The first-order valence-corrected chi connectivity index (χ1v) is 7.85. The van der Waals surface area contributed by atoms with E-state index in [0.29, 0.717) is 30.5 Å². The van der Waals surface area contributed by atoms with Crippen LogP contribution in [0.3, 0.4) is 0 Å². The highest BCUT2D eigenvalue weighted by Crippen LogP contribution is 2.39. The van der Waals surface area contributed by atoms with Crippen molar-refractivity contribution in [1.82, 2.24) is 4.90 Å². The number of methoxy groups -OCH3 is 1. The van der Waals surface area contributed by atoms with Gasteiger partial charge in [-0.05, 0) is 43.6 Å². The van der Waals surface area contributed by atoms with Crippen molar-refractivity contribution in [2.75, 3.05) is 33.9 Å². The first-order valence-electron chi connectivity index (χ1n) is 7.85. The van der Waals surface area contributed by atoms with Gasteiger partial charge in [0.05, 0.1) is 12.7 Å². The molecule has 0 aromatic carbocycles. The second-order valence-electron chi connectivity index (χ2n) is 7.63.